The zero-order valence-corrected chi connectivity index (χ0v) is 17.4. The van der Waals surface area contributed by atoms with Crippen LogP contribution in [0, 0.1) is 11.6 Å². The van der Waals surface area contributed by atoms with Crippen LogP contribution in [0.15, 0.2) is 29.2 Å². The molecule has 1 aromatic heterocycles. The number of carboxylic acid groups (broad SMARTS) is 1. The lowest BCUT2D eigenvalue weighted by Crippen LogP contribution is -2.44. The van der Waals surface area contributed by atoms with Crippen molar-refractivity contribution in [1.29, 1.82) is 0 Å². The quantitative estimate of drug-likeness (QED) is 0.436. The number of aromatic nitrogens is 1. The number of nitrogens with one attached hydrogen (secondary N) is 1. The molecule has 0 unspecified atom stereocenters. The zero-order valence-electron chi connectivity index (χ0n) is 16.7. The first kappa shape index (κ1) is 22.0. The fourth-order valence-electron chi connectivity index (χ4n) is 3.90. The Labute approximate surface area is 185 Å². The van der Waals surface area contributed by atoms with E-state index in [1.165, 1.54) is 10.6 Å². The molecular weight excluding hydrogens is 446 g/mol. The smallest absolute Gasteiger partial charge is 0.341 e. The van der Waals surface area contributed by atoms with Gasteiger partial charge in [0, 0.05) is 37.9 Å². The van der Waals surface area contributed by atoms with Crippen LogP contribution in [0.3, 0.4) is 0 Å². The summed E-state index contributed by atoms with van der Waals surface area (Å²) in [5.41, 5.74) is 4.15. The van der Waals surface area contributed by atoms with E-state index in [2.05, 4.69) is 5.32 Å². The lowest BCUT2D eigenvalue weighted by Gasteiger charge is -2.31. The topological polar surface area (TPSA) is 121 Å². The number of anilines is 2. The summed E-state index contributed by atoms with van der Waals surface area (Å²) in [6.45, 7) is 1.52. The minimum atomic E-state index is -1.53. The van der Waals surface area contributed by atoms with Crippen molar-refractivity contribution in [3.63, 3.8) is 0 Å². The van der Waals surface area contributed by atoms with Gasteiger partial charge in [-0.15, -0.1) is 0 Å². The van der Waals surface area contributed by atoms with E-state index in [0.29, 0.717) is 26.2 Å². The monoisotopic (exact) mass is 464 g/mol. The van der Waals surface area contributed by atoms with Crippen molar-refractivity contribution < 1.29 is 23.8 Å². The zero-order chi connectivity index (χ0) is 23.2. The number of carboxylic acids is 1. The Hall–Kier alpha value is -3.21. The van der Waals surface area contributed by atoms with Gasteiger partial charge in [0.25, 0.3) is 0 Å². The third kappa shape index (κ3) is 3.56. The molecule has 0 radical (unpaired) electrons. The Kier molecular flexibility index (Phi) is 5.76. The highest BCUT2D eigenvalue weighted by atomic mass is 35.5. The van der Waals surface area contributed by atoms with Crippen LogP contribution in [-0.2, 0) is 6.61 Å². The Morgan fingerprint density at radius 3 is 2.50 bits per heavy atom. The summed E-state index contributed by atoms with van der Waals surface area (Å²) < 4.78 is 30.4. The number of nitrogens with two attached hydrogens (primary N) is 1. The number of benzene rings is 2. The highest BCUT2D eigenvalue weighted by Gasteiger charge is 2.26. The van der Waals surface area contributed by atoms with Crippen molar-refractivity contribution in [3.8, 4) is 5.69 Å². The van der Waals surface area contributed by atoms with Crippen molar-refractivity contribution in [2.45, 2.75) is 6.61 Å². The molecule has 0 saturated carbocycles. The molecule has 2 heterocycles. The summed E-state index contributed by atoms with van der Waals surface area (Å²) in [4.78, 5) is 26.3. The summed E-state index contributed by atoms with van der Waals surface area (Å²) in [5.74, 6) is -3.08. The number of nitrogens with zero attached hydrogens (tertiary/aromatic N) is 2. The number of hydrogen-bond donors (Lipinski definition) is 4. The van der Waals surface area contributed by atoms with Gasteiger partial charge in [-0.2, -0.15) is 0 Å². The molecule has 0 amide bonds. The van der Waals surface area contributed by atoms with E-state index in [0.717, 1.165) is 18.3 Å². The number of hydrogen-bond acceptors (Lipinski definition) is 6. The van der Waals surface area contributed by atoms with Gasteiger partial charge in [0.15, 0.2) is 0 Å². The van der Waals surface area contributed by atoms with Crippen LogP contribution in [0.25, 0.3) is 16.6 Å². The largest absolute Gasteiger partial charge is 0.477 e. The molecule has 32 heavy (non-hydrogen) atoms. The van der Waals surface area contributed by atoms with Gasteiger partial charge in [-0.05, 0) is 18.2 Å². The summed E-state index contributed by atoms with van der Waals surface area (Å²) >= 11 is 6.63. The van der Waals surface area contributed by atoms with Gasteiger partial charge < -0.3 is 30.7 Å². The third-order valence-electron chi connectivity index (χ3n) is 5.45. The van der Waals surface area contributed by atoms with Crippen molar-refractivity contribution in [3.05, 3.63) is 62.4 Å². The summed E-state index contributed by atoms with van der Waals surface area (Å²) in [5, 5.41) is 22.1. The predicted molar refractivity (Wildman–Crippen MR) is 117 cm³/mol. The number of carbonyl (C=O) groups is 1. The van der Waals surface area contributed by atoms with E-state index in [4.69, 9.17) is 17.3 Å². The molecule has 11 heteroatoms. The standard InChI is InChI=1S/C21H19ClF2N4O4/c22-17-18-11(6-14(24)19(17)27-3-1-26-2-4-27)20(30)12(21(31)32)8-28(18)16-7-15(25)13(23)5-10(16)9-29/h5-8,26,29H,1-4,9,25H2,(H,31,32). The van der Waals surface area contributed by atoms with Crippen LogP contribution in [-0.4, -0.2) is 46.9 Å². The number of aliphatic hydroxyl groups excluding tert-OH is 1. The molecule has 3 aromatic rings. The molecule has 0 bridgehead atoms. The highest BCUT2D eigenvalue weighted by Crippen LogP contribution is 2.37. The Balaban J connectivity index is 2.14. The van der Waals surface area contributed by atoms with Crippen LogP contribution in [0.4, 0.5) is 20.2 Å². The minimum Gasteiger partial charge on any atom is -0.477 e. The first-order chi connectivity index (χ1) is 15.2. The van der Waals surface area contributed by atoms with Crippen LogP contribution in [0.5, 0.6) is 0 Å². The second kappa shape index (κ2) is 8.38. The molecule has 0 aliphatic carbocycles. The number of nitrogen functional groups attached to an aromatic ring is 1. The molecule has 0 atom stereocenters. The first-order valence-electron chi connectivity index (χ1n) is 9.70. The average Bonchev–Trinajstić information content (AvgIpc) is 2.76. The molecule has 4 rings (SSSR count). The molecule has 1 saturated heterocycles. The summed E-state index contributed by atoms with van der Waals surface area (Å²) in [7, 11) is 0. The minimum absolute atomic E-state index is 0.0253. The Morgan fingerprint density at radius 1 is 1.19 bits per heavy atom. The summed E-state index contributed by atoms with van der Waals surface area (Å²) in [6.07, 6.45) is 1.02. The van der Waals surface area contributed by atoms with E-state index in [1.807, 2.05) is 0 Å². The molecule has 1 aliphatic rings. The number of pyridine rings is 1. The van der Waals surface area contributed by atoms with E-state index in [-0.39, 0.29) is 38.6 Å². The second-order valence-electron chi connectivity index (χ2n) is 7.36. The van der Waals surface area contributed by atoms with E-state index >= 15 is 4.39 Å². The van der Waals surface area contributed by atoms with Crippen LogP contribution in [0.1, 0.15) is 15.9 Å². The van der Waals surface area contributed by atoms with Gasteiger partial charge >= 0.3 is 5.97 Å². The molecule has 5 N–H and O–H groups in total. The highest BCUT2D eigenvalue weighted by molar-refractivity contribution is 6.38. The maximum Gasteiger partial charge on any atom is 0.341 e. The maximum absolute atomic E-state index is 15.1. The van der Waals surface area contributed by atoms with Crippen molar-refractivity contribution in [1.82, 2.24) is 9.88 Å². The van der Waals surface area contributed by atoms with Crippen LogP contribution in [0.2, 0.25) is 5.02 Å². The lowest BCUT2D eigenvalue weighted by atomic mass is 10.1. The molecule has 2 aromatic carbocycles. The molecule has 1 aliphatic heterocycles. The fourth-order valence-corrected chi connectivity index (χ4v) is 4.30. The van der Waals surface area contributed by atoms with Gasteiger partial charge in [0.2, 0.25) is 5.43 Å². The SMILES string of the molecule is Nc1cc(-n2cc(C(=O)O)c(=O)c3cc(F)c(N4CCNCC4)c(Cl)c32)c(CO)cc1F. The number of halogens is 3. The Bertz CT molecular complexity index is 1310. The van der Waals surface area contributed by atoms with Crippen molar-refractivity contribution >= 4 is 39.8 Å². The van der Waals surface area contributed by atoms with E-state index < -0.39 is 35.2 Å². The predicted octanol–water partition coefficient (Wildman–Crippen LogP) is 2.10. The number of piperazine rings is 1. The van der Waals surface area contributed by atoms with Crippen molar-refractivity contribution in [2.75, 3.05) is 36.8 Å². The Morgan fingerprint density at radius 2 is 1.88 bits per heavy atom. The number of rotatable bonds is 4. The van der Waals surface area contributed by atoms with Gasteiger partial charge in [0.1, 0.15) is 17.2 Å². The van der Waals surface area contributed by atoms with E-state index in [1.54, 1.807) is 4.90 Å². The fraction of sp³-hybridized carbons (Fsp3) is 0.238. The number of fused-ring (bicyclic) bond motifs is 1. The number of aliphatic hydroxyl groups is 1. The molecule has 1 fully saturated rings. The van der Waals surface area contributed by atoms with Crippen LogP contribution >= 0.6 is 11.6 Å². The van der Waals surface area contributed by atoms with Crippen molar-refractivity contribution in [2.24, 2.45) is 0 Å². The second-order valence-corrected chi connectivity index (χ2v) is 7.74. The first-order valence-corrected chi connectivity index (χ1v) is 10.1. The van der Waals surface area contributed by atoms with E-state index in [9.17, 15) is 24.2 Å². The lowest BCUT2D eigenvalue weighted by molar-refractivity contribution is 0.0695. The van der Waals surface area contributed by atoms with Crippen LogP contribution < -0.4 is 21.4 Å². The van der Waals surface area contributed by atoms with Gasteiger partial charge in [-0.1, -0.05) is 11.6 Å². The third-order valence-corrected chi connectivity index (χ3v) is 5.81. The molecular formula is C21H19ClF2N4O4. The van der Waals surface area contributed by atoms with Gasteiger partial charge in [-0.3, -0.25) is 4.79 Å². The normalized spacial score (nSPS) is 14.2. The molecule has 0 spiro atoms. The van der Waals surface area contributed by atoms with Gasteiger partial charge in [0.05, 0.1) is 39.6 Å². The summed E-state index contributed by atoms with van der Waals surface area (Å²) in [6, 6.07) is 3.15. The molecule has 8 nitrogen and oxygen atoms in total. The van der Waals surface area contributed by atoms with Gasteiger partial charge in [-0.25, -0.2) is 13.6 Å². The number of aromatic carboxylic acids is 1. The molecule has 168 valence electrons. The average molecular weight is 465 g/mol. The maximum atomic E-state index is 15.1.